The number of nitrogens with zero attached hydrogens (tertiary/aromatic N) is 1. The van der Waals surface area contributed by atoms with Gasteiger partial charge in [-0.15, -0.1) is 24.0 Å². The molecule has 0 radical (unpaired) electrons. The highest BCUT2D eigenvalue weighted by Gasteiger charge is 2.34. The van der Waals surface area contributed by atoms with Crippen LogP contribution in [0.1, 0.15) is 37.5 Å². The van der Waals surface area contributed by atoms with E-state index in [4.69, 9.17) is 18.9 Å². The van der Waals surface area contributed by atoms with E-state index in [2.05, 4.69) is 10.6 Å². The SMILES string of the molecule is CCNC(=NCC1(c2ccc(F)cc2)CCOCC1)NCCCOCc1ccco1.I. The predicted molar refractivity (Wildman–Crippen MR) is 131 cm³/mol. The summed E-state index contributed by atoms with van der Waals surface area (Å²) in [6, 6.07) is 10.6. The van der Waals surface area contributed by atoms with Gasteiger partial charge in [0.25, 0.3) is 0 Å². The summed E-state index contributed by atoms with van der Waals surface area (Å²) in [6.45, 7) is 6.76. The van der Waals surface area contributed by atoms with E-state index >= 15 is 0 Å². The fraction of sp³-hybridized carbons (Fsp3) is 0.522. The fourth-order valence-corrected chi connectivity index (χ4v) is 3.62. The first-order valence-electron chi connectivity index (χ1n) is 10.7. The number of furan rings is 1. The minimum absolute atomic E-state index is 0. The Kier molecular flexibility index (Phi) is 11.3. The Labute approximate surface area is 201 Å². The number of halogens is 2. The van der Waals surface area contributed by atoms with Crippen molar-refractivity contribution in [2.24, 2.45) is 4.99 Å². The molecule has 1 aromatic heterocycles. The Morgan fingerprint density at radius 1 is 1.16 bits per heavy atom. The van der Waals surface area contributed by atoms with Crippen molar-refractivity contribution in [2.75, 3.05) is 39.5 Å². The van der Waals surface area contributed by atoms with Crippen molar-refractivity contribution in [1.29, 1.82) is 0 Å². The van der Waals surface area contributed by atoms with E-state index in [0.29, 0.717) is 33.0 Å². The molecule has 8 heteroatoms. The normalized spacial score (nSPS) is 15.9. The van der Waals surface area contributed by atoms with Gasteiger partial charge in [0.2, 0.25) is 0 Å². The van der Waals surface area contributed by atoms with Gasteiger partial charge in [0.05, 0.1) is 12.8 Å². The molecule has 0 bridgehead atoms. The Balaban J connectivity index is 0.00000341. The zero-order valence-electron chi connectivity index (χ0n) is 18.1. The van der Waals surface area contributed by atoms with Crippen LogP contribution in [0.4, 0.5) is 4.39 Å². The number of guanidine groups is 1. The average Bonchev–Trinajstić information content (AvgIpc) is 3.29. The molecule has 1 saturated heterocycles. The summed E-state index contributed by atoms with van der Waals surface area (Å²) in [6.07, 6.45) is 4.27. The first-order chi connectivity index (χ1) is 14.7. The second kappa shape index (κ2) is 13.7. The molecule has 0 atom stereocenters. The summed E-state index contributed by atoms with van der Waals surface area (Å²) in [5.74, 6) is 1.41. The van der Waals surface area contributed by atoms with E-state index < -0.39 is 0 Å². The van der Waals surface area contributed by atoms with E-state index in [-0.39, 0.29) is 35.2 Å². The largest absolute Gasteiger partial charge is 0.467 e. The van der Waals surface area contributed by atoms with Crippen LogP contribution in [0.2, 0.25) is 0 Å². The van der Waals surface area contributed by atoms with Crippen molar-refractivity contribution >= 4 is 29.9 Å². The lowest BCUT2D eigenvalue weighted by molar-refractivity contribution is 0.0531. The minimum atomic E-state index is -0.214. The molecule has 2 aromatic rings. The van der Waals surface area contributed by atoms with Crippen LogP contribution in [0.25, 0.3) is 0 Å². The lowest BCUT2D eigenvalue weighted by atomic mass is 9.74. The summed E-state index contributed by atoms with van der Waals surface area (Å²) in [7, 11) is 0. The number of benzene rings is 1. The molecular weight excluding hydrogens is 512 g/mol. The molecular formula is C23H33FIN3O3. The Hall–Kier alpha value is -1.65. The van der Waals surface area contributed by atoms with Crippen LogP contribution in [0.5, 0.6) is 0 Å². The maximum Gasteiger partial charge on any atom is 0.191 e. The molecule has 1 aliphatic rings. The van der Waals surface area contributed by atoms with Crippen LogP contribution in [-0.2, 0) is 21.5 Å². The quantitative estimate of drug-likeness (QED) is 0.202. The summed E-state index contributed by atoms with van der Waals surface area (Å²) < 4.78 is 29.9. The number of rotatable bonds is 10. The molecule has 0 aliphatic carbocycles. The third kappa shape index (κ3) is 8.08. The number of hydrogen-bond acceptors (Lipinski definition) is 4. The Bertz CT molecular complexity index is 763. The number of aliphatic imine (C=N–C) groups is 1. The molecule has 2 N–H and O–H groups in total. The van der Waals surface area contributed by atoms with Gasteiger partial charge in [-0.2, -0.15) is 0 Å². The maximum atomic E-state index is 13.4. The standard InChI is InChI=1S/C23H32FN3O3.HI/c1-2-25-22(26-12-4-13-29-17-21-5-3-14-30-21)27-18-23(10-15-28-16-11-23)19-6-8-20(24)9-7-19;/h3,5-9,14H,2,4,10-13,15-18H2,1H3,(H2,25,26,27);1H. The van der Waals surface area contributed by atoms with Gasteiger partial charge in [-0.05, 0) is 56.0 Å². The molecule has 0 saturated carbocycles. The smallest absolute Gasteiger partial charge is 0.191 e. The van der Waals surface area contributed by atoms with Gasteiger partial charge in [-0.25, -0.2) is 4.39 Å². The van der Waals surface area contributed by atoms with E-state index in [1.807, 2.05) is 31.2 Å². The van der Waals surface area contributed by atoms with E-state index in [1.54, 1.807) is 6.26 Å². The van der Waals surface area contributed by atoms with Crippen LogP contribution in [0.15, 0.2) is 52.1 Å². The van der Waals surface area contributed by atoms with Crippen molar-refractivity contribution in [2.45, 2.75) is 38.2 Å². The molecule has 0 amide bonds. The van der Waals surface area contributed by atoms with Crippen LogP contribution in [0.3, 0.4) is 0 Å². The highest BCUT2D eigenvalue weighted by molar-refractivity contribution is 14.0. The fourth-order valence-electron chi connectivity index (χ4n) is 3.62. The molecule has 1 aliphatic heterocycles. The van der Waals surface area contributed by atoms with Crippen molar-refractivity contribution in [3.63, 3.8) is 0 Å². The van der Waals surface area contributed by atoms with Crippen molar-refractivity contribution in [1.82, 2.24) is 10.6 Å². The number of nitrogens with one attached hydrogen (secondary N) is 2. The van der Waals surface area contributed by atoms with Gasteiger partial charge in [0.15, 0.2) is 5.96 Å². The highest BCUT2D eigenvalue weighted by atomic mass is 127. The molecule has 1 aromatic carbocycles. The van der Waals surface area contributed by atoms with E-state index in [1.165, 1.54) is 12.1 Å². The molecule has 3 rings (SSSR count). The Morgan fingerprint density at radius 2 is 1.94 bits per heavy atom. The number of ether oxygens (including phenoxy) is 2. The van der Waals surface area contributed by atoms with Crippen molar-refractivity contribution < 1.29 is 18.3 Å². The van der Waals surface area contributed by atoms with E-state index in [0.717, 1.165) is 49.6 Å². The van der Waals surface area contributed by atoms with Gasteiger partial charge in [-0.1, -0.05) is 12.1 Å². The van der Waals surface area contributed by atoms with Gasteiger partial charge >= 0.3 is 0 Å². The molecule has 172 valence electrons. The van der Waals surface area contributed by atoms with Crippen LogP contribution < -0.4 is 10.6 Å². The summed E-state index contributed by atoms with van der Waals surface area (Å²) >= 11 is 0. The predicted octanol–water partition coefficient (Wildman–Crippen LogP) is 4.25. The second-order valence-corrected chi connectivity index (χ2v) is 7.51. The highest BCUT2D eigenvalue weighted by Crippen LogP contribution is 2.35. The van der Waals surface area contributed by atoms with Gasteiger partial charge in [-0.3, -0.25) is 4.99 Å². The monoisotopic (exact) mass is 545 g/mol. The molecule has 31 heavy (non-hydrogen) atoms. The topological polar surface area (TPSA) is 68.0 Å². The van der Waals surface area contributed by atoms with E-state index in [9.17, 15) is 4.39 Å². The number of hydrogen-bond donors (Lipinski definition) is 2. The third-order valence-electron chi connectivity index (χ3n) is 5.37. The van der Waals surface area contributed by atoms with Crippen molar-refractivity contribution in [3.8, 4) is 0 Å². The first kappa shape index (κ1) is 25.6. The molecule has 0 spiro atoms. The Morgan fingerprint density at radius 3 is 2.61 bits per heavy atom. The summed E-state index contributed by atoms with van der Waals surface area (Å²) in [4.78, 5) is 4.86. The van der Waals surface area contributed by atoms with Crippen LogP contribution in [-0.4, -0.2) is 45.4 Å². The summed E-state index contributed by atoms with van der Waals surface area (Å²) in [5, 5.41) is 6.68. The zero-order chi connectivity index (χ0) is 21.1. The lowest BCUT2D eigenvalue weighted by Gasteiger charge is -2.36. The molecule has 2 heterocycles. The average molecular weight is 545 g/mol. The molecule has 6 nitrogen and oxygen atoms in total. The molecule has 1 fully saturated rings. The maximum absolute atomic E-state index is 13.4. The zero-order valence-corrected chi connectivity index (χ0v) is 20.4. The first-order valence-corrected chi connectivity index (χ1v) is 10.7. The van der Waals surface area contributed by atoms with Crippen LogP contribution >= 0.6 is 24.0 Å². The minimum Gasteiger partial charge on any atom is -0.467 e. The second-order valence-electron chi connectivity index (χ2n) is 7.51. The van der Waals surface area contributed by atoms with Gasteiger partial charge in [0.1, 0.15) is 18.2 Å². The van der Waals surface area contributed by atoms with Gasteiger partial charge in [0, 0.05) is 38.3 Å². The third-order valence-corrected chi connectivity index (χ3v) is 5.37. The molecule has 0 unspecified atom stereocenters. The van der Waals surface area contributed by atoms with Crippen LogP contribution in [0, 0.1) is 5.82 Å². The van der Waals surface area contributed by atoms with Crippen molar-refractivity contribution in [3.05, 3.63) is 59.8 Å². The van der Waals surface area contributed by atoms with Gasteiger partial charge < -0.3 is 24.5 Å². The summed E-state index contributed by atoms with van der Waals surface area (Å²) in [5.41, 5.74) is 0.999. The lowest BCUT2D eigenvalue weighted by Crippen LogP contribution is -2.41.